The van der Waals surface area contributed by atoms with Gasteiger partial charge in [-0.05, 0) is 114 Å². The molecule has 0 aliphatic heterocycles. The molecule has 4 unspecified atom stereocenters. The van der Waals surface area contributed by atoms with Crippen LogP contribution in [0.2, 0.25) is 0 Å². The first kappa shape index (κ1) is 33.4. The second-order valence-corrected chi connectivity index (χ2v) is 13.6. The lowest BCUT2D eigenvalue weighted by Crippen LogP contribution is -2.09. The number of aryl methyl sites for hydroxylation is 1. The predicted molar refractivity (Wildman–Crippen MR) is 194 cm³/mol. The highest BCUT2D eigenvalue weighted by Gasteiger charge is 2.17. The molecule has 238 valence electrons. The van der Waals surface area contributed by atoms with Gasteiger partial charge in [0, 0.05) is 0 Å². The molecular formula is C45H51F. The first-order valence-corrected chi connectivity index (χ1v) is 17.5. The van der Waals surface area contributed by atoms with E-state index in [4.69, 9.17) is 0 Å². The van der Waals surface area contributed by atoms with Gasteiger partial charge in [-0.2, -0.15) is 0 Å². The standard InChI is InChI=1S/C45H51F/c1-35(24-28-42(40-19-11-5-12-20-40)32-37-15-7-3-8-16-37)23-26-39-27-30-45(46)44(34-39)31-36(2)25-29-43(41-21-13-6-14-22-41)33-38-17-9-4-10-18-38/h3-22,27,30,34-36,42-43H,23-26,28-29,31-33H2,1-2H3. The number of rotatable bonds is 17. The molecule has 0 radical (unpaired) electrons. The summed E-state index contributed by atoms with van der Waals surface area (Å²) in [6.07, 6.45) is 9.61. The van der Waals surface area contributed by atoms with Gasteiger partial charge in [0.2, 0.25) is 0 Å². The van der Waals surface area contributed by atoms with Crippen molar-refractivity contribution in [1.82, 2.24) is 0 Å². The highest BCUT2D eigenvalue weighted by molar-refractivity contribution is 5.27. The zero-order valence-electron chi connectivity index (χ0n) is 27.8. The van der Waals surface area contributed by atoms with Crippen molar-refractivity contribution in [3.63, 3.8) is 0 Å². The molecule has 46 heavy (non-hydrogen) atoms. The average Bonchev–Trinajstić information content (AvgIpc) is 3.10. The maximum absolute atomic E-state index is 15.0. The SMILES string of the molecule is CC(CCc1ccc(F)c(CC(C)CCC(Cc2ccccc2)c2ccccc2)c1)CCC(Cc1ccccc1)c1ccccc1. The molecule has 0 spiro atoms. The summed E-state index contributed by atoms with van der Waals surface area (Å²) in [7, 11) is 0. The van der Waals surface area contributed by atoms with Gasteiger partial charge in [0.1, 0.15) is 5.82 Å². The van der Waals surface area contributed by atoms with E-state index in [9.17, 15) is 0 Å². The molecule has 5 aromatic carbocycles. The van der Waals surface area contributed by atoms with Gasteiger partial charge in [-0.3, -0.25) is 0 Å². The third kappa shape index (κ3) is 10.5. The zero-order valence-corrected chi connectivity index (χ0v) is 27.8. The van der Waals surface area contributed by atoms with Gasteiger partial charge in [0.15, 0.2) is 0 Å². The molecule has 0 bridgehead atoms. The van der Waals surface area contributed by atoms with Crippen LogP contribution >= 0.6 is 0 Å². The van der Waals surface area contributed by atoms with Gasteiger partial charge >= 0.3 is 0 Å². The second kappa shape index (κ2) is 17.7. The fourth-order valence-electron chi connectivity index (χ4n) is 6.97. The molecule has 0 fully saturated rings. The topological polar surface area (TPSA) is 0 Å². The monoisotopic (exact) mass is 610 g/mol. The van der Waals surface area contributed by atoms with Crippen LogP contribution in [-0.2, 0) is 25.7 Å². The lowest BCUT2D eigenvalue weighted by atomic mass is 9.84. The van der Waals surface area contributed by atoms with Gasteiger partial charge in [-0.25, -0.2) is 4.39 Å². The fraction of sp³-hybridized carbons (Fsp3) is 0.333. The van der Waals surface area contributed by atoms with E-state index in [1.165, 1.54) is 40.7 Å². The minimum Gasteiger partial charge on any atom is -0.207 e. The predicted octanol–water partition coefficient (Wildman–Crippen LogP) is 12.2. The minimum atomic E-state index is -0.0563. The van der Waals surface area contributed by atoms with E-state index in [1.807, 2.05) is 6.07 Å². The van der Waals surface area contributed by atoms with Crippen molar-refractivity contribution >= 4 is 0 Å². The van der Waals surface area contributed by atoms with Gasteiger partial charge in [0.05, 0.1) is 0 Å². The lowest BCUT2D eigenvalue weighted by molar-refractivity contribution is 0.442. The Hall–Kier alpha value is -3.97. The summed E-state index contributed by atoms with van der Waals surface area (Å²) in [6, 6.07) is 49.4. The molecule has 5 rings (SSSR count). The average molecular weight is 611 g/mol. The molecule has 1 heteroatoms. The van der Waals surface area contributed by atoms with Crippen molar-refractivity contribution < 1.29 is 4.39 Å². The van der Waals surface area contributed by atoms with Crippen LogP contribution in [0.1, 0.15) is 91.2 Å². The maximum atomic E-state index is 15.0. The van der Waals surface area contributed by atoms with Crippen LogP contribution in [0.5, 0.6) is 0 Å². The summed E-state index contributed by atoms with van der Waals surface area (Å²) in [6.45, 7) is 4.67. The van der Waals surface area contributed by atoms with Crippen LogP contribution in [0, 0.1) is 17.7 Å². The molecule has 0 aliphatic rings. The largest absolute Gasteiger partial charge is 0.207 e. The molecule has 0 N–H and O–H groups in total. The van der Waals surface area contributed by atoms with Crippen LogP contribution in [0.4, 0.5) is 4.39 Å². The minimum absolute atomic E-state index is 0.0563. The maximum Gasteiger partial charge on any atom is 0.126 e. The first-order chi connectivity index (χ1) is 22.5. The fourth-order valence-corrected chi connectivity index (χ4v) is 6.97. The summed E-state index contributed by atoms with van der Waals surface area (Å²) in [4.78, 5) is 0. The summed E-state index contributed by atoms with van der Waals surface area (Å²) < 4.78 is 15.0. The van der Waals surface area contributed by atoms with E-state index in [1.54, 1.807) is 6.07 Å². The van der Waals surface area contributed by atoms with Crippen molar-refractivity contribution in [2.45, 2.75) is 83.5 Å². The molecule has 0 nitrogen and oxygen atoms in total. The number of hydrogen-bond acceptors (Lipinski definition) is 0. The van der Waals surface area contributed by atoms with Crippen molar-refractivity contribution in [3.05, 3.63) is 179 Å². The molecule has 0 amide bonds. The van der Waals surface area contributed by atoms with Crippen LogP contribution in [-0.4, -0.2) is 0 Å². The van der Waals surface area contributed by atoms with Gasteiger partial charge < -0.3 is 0 Å². The Morgan fingerprint density at radius 2 is 0.891 bits per heavy atom. The van der Waals surface area contributed by atoms with Crippen molar-refractivity contribution in [2.75, 3.05) is 0 Å². The van der Waals surface area contributed by atoms with E-state index in [0.29, 0.717) is 23.7 Å². The Balaban J connectivity index is 1.13. The molecule has 0 heterocycles. The second-order valence-electron chi connectivity index (χ2n) is 13.6. The Labute approximate surface area is 277 Å². The molecule has 0 saturated carbocycles. The highest BCUT2D eigenvalue weighted by Crippen LogP contribution is 2.31. The van der Waals surface area contributed by atoms with Crippen molar-refractivity contribution in [1.29, 1.82) is 0 Å². The number of halogens is 1. The van der Waals surface area contributed by atoms with Gasteiger partial charge in [-0.1, -0.05) is 154 Å². The molecule has 0 aliphatic carbocycles. The Kier molecular flexibility index (Phi) is 12.8. The lowest BCUT2D eigenvalue weighted by Gasteiger charge is -2.21. The van der Waals surface area contributed by atoms with E-state index >= 15 is 4.39 Å². The number of hydrogen-bond donors (Lipinski definition) is 0. The highest BCUT2D eigenvalue weighted by atomic mass is 19.1. The smallest absolute Gasteiger partial charge is 0.126 e. The summed E-state index contributed by atoms with van der Waals surface area (Å²) in [5.41, 5.74) is 7.77. The normalized spacial score (nSPS) is 14.0. The summed E-state index contributed by atoms with van der Waals surface area (Å²) in [5.74, 6) is 1.98. The third-order valence-corrected chi connectivity index (χ3v) is 9.81. The Bertz CT molecular complexity index is 1540. The van der Waals surface area contributed by atoms with E-state index in [0.717, 1.165) is 50.5 Å². The zero-order chi connectivity index (χ0) is 32.0. The molecule has 0 saturated heterocycles. The third-order valence-electron chi connectivity index (χ3n) is 9.81. The first-order valence-electron chi connectivity index (χ1n) is 17.5. The summed E-state index contributed by atoms with van der Waals surface area (Å²) in [5, 5.41) is 0. The number of benzene rings is 5. The van der Waals surface area contributed by atoms with Crippen LogP contribution < -0.4 is 0 Å². The Morgan fingerprint density at radius 1 is 0.435 bits per heavy atom. The van der Waals surface area contributed by atoms with Gasteiger partial charge in [0.25, 0.3) is 0 Å². The van der Waals surface area contributed by atoms with Crippen molar-refractivity contribution in [2.24, 2.45) is 11.8 Å². The van der Waals surface area contributed by atoms with E-state index < -0.39 is 0 Å². The molecule has 0 aromatic heterocycles. The van der Waals surface area contributed by atoms with E-state index in [2.05, 4.69) is 141 Å². The van der Waals surface area contributed by atoms with E-state index in [-0.39, 0.29) is 5.82 Å². The van der Waals surface area contributed by atoms with Crippen molar-refractivity contribution in [3.8, 4) is 0 Å². The molecular weight excluding hydrogens is 559 g/mol. The summed E-state index contributed by atoms with van der Waals surface area (Å²) >= 11 is 0. The van der Waals surface area contributed by atoms with Crippen LogP contribution in [0.3, 0.4) is 0 Å². The molecule has 4 atom stereocenters. The molecule has 5 aromatic rings. The van der Waals surface area contributed by atoms with Gasteiger partial charge in [-0.15, -0.1) is 0 Å². The van der Waals surface area contributed by atoms with Crippen LogP contribution in [0.25, 0.3) is 0 Å². The Morgan fingerprint density at radius 3 is 1.39 bits per heavy atom. The quantitative estimate of drug-likeness (QED) is 0.0982. The van der Waals surface area contributed by atoms with Crippen LogP contribution in [0.15, 0.2) is 140 Å².